The van der Waals surface area contributed by atoms with Gasteiger partial charge in [-0.1, -0.05) is 46.4 Å². The van der Waals surface area contributed by atoms with Crippen LogP contribution in [0.4, 0.5) is 0 Å². The van der Waals surface area contributed by atoms with Gasteiger partial charge in [0, 0.05) is 16.8 Å². The van der Waals surface area contributed by atoms with Crippen molar-refractivity contribution < 1.29 is 36.6 Å². The first-order valence-electron chi connectivity index (χ1n) is 4.73. The van der Waals surface area contributed by atoms with Crippen LogP contribution in [0.15, 0.2) is 10.1 Å². The Hall–Kier alpha value is 0.926. The zero-order valence-corrected chi connectivity index (χ0v) is 14.5. The molecule has 2 aliphatic carbocycles. The fraction of sp³-hybridized carbons (Fsp3) is 0.556. The minimum absolute atomic E-state index is 0. The second-order valence-electron chi connectivity index (χ2n) is 4.26. The number of hydrogen-bond acceptors (Lipinski definition) is 2. The number of carboxylic acids is 2. The van der Waals surface area contributed by atoms with Gasteiger partial charge in [0.05, 0.1) is 21.9 Å². The molecule has 4 nitrogen and oxygen atoms in total. The molecule has 0 saturated heterocycles. The molecule has 0 spiro atoms. The van der Waals surface area contributed by atoms with Gasteiger partial charge in [0.15, 0.2) is 4.33 Å². The Morgan fingerprint density at radius 1 is 0.850 bits per heavy atom. The SMILES string of the molecule is O=C(O)C1C(C(=O)O)C2(Cl)C(Cl)=C(Cl)C1(Cl)C2(Cl)Cl.[Co]. The Balaban J connectivity index is 0.00000200. The Morgan fingerprint density at radius 3 is 1.30 bits per heavy atom. The first-order valence-corrected chi connectivity index (χ1v) is 7.00. The van der Waals surface area contributed by atoms with Gasteiger partial charge in [-0.15, -0.1) is 23.2 Å². The summed E-state index contributed by atoms with van der Waals surface area (Å²) in [6.07, 6.45) is 0. The van der Waals surface area contributed by atoms with E-state index in [9.17, 15) is 19.8 Å². The Labute approximate surface area is 153 Å². The molecule has 2 N–H and O–H groups in total. The predicted octanol–water partition coefficient (Wildman–Crippen LogP) is 3.23. The number of allylic oxidation sites excluding steroid dienone is 2. The van der Waals surface area contributed by atoms with Crippen molar-refractivity contribution in [3.8, 4) is 0 Å². The summed E-state index contributed by atoms with van der Waals surface area (Å²) in [6, 6.07) is 0. The monoisotopic (exact) mass is 445 g/mol. The van der Waals surface area contributed by atoms with E-state index in [1.54, 1.807) is 0 Å². The topological polar surface area (TPSA) is 74.6 Å². The van der Waals surface area contributed by atoms with E-state index >= 15 is 0 Å². The van der Waals surface area contributed by atoms with E-state index in [0.29, 0.717) is 0 Å². The summed E-state index contributed by atoms with van der Waals surface area (Å²) in [7, 11) is 0. The maximum absolute atomic E-state index is 11.3. The third kappa shape index (κ3) is 1.75. The molecular weight excluding hydrogens is 444 g/mol. The molecule has 0 aromatic rings. The van der Waals surface area contributed by atoms with Crippen molar-refractivity contribution in [3.05, 3.63) is 10.1 Å². The molecular formula is C9H4Cl6CoO4. The molecule has 0 heterocycles. The van der Waals surface area contributed by atoms with E-state index in [-0.39, 0.29) is 26.8 Å². The molecule has 0 aliphatic heterocycles. The number of alkyl halides is 4. The van der Waals surface area contributed by atoms with Gasteiger partial charge in [-0.05, 0) is 0 Å². The third-order valence-electron chi connectivity index (χ3n) is 3.47. The van der Waals surface area contributed by atoms with Crippen LogP contribution in [0.25, 0.3) is 0 Å². The average Bonchev–Trinajstić information content (AvgIpc) is 2.48. The molecule has 4 unspecified atom stereocenters. The quantitative estimate of drug-likeness (QED) is 0.637. The van der Waals surface area contributed by atoms with E-state index < -0.39 is 37.9 Å². The van der Waals surface area contributed by atoms with Crippen molar-refractivity contribution in [1.82, 2.24) is 0 Å². The zero-order chi connectivity index (χ0) is 15.0. The summed E-state index contributed by atoms with van der Waals surface area (Å²) in [5.41, 5.74) is 0. The van der Waals surface area contributed by atoms with Crippen LogP contribution in [-0.4, -0.2) is 36.2 Å². The van der Waals surface area contributed by atoms with Gasteiger partial charge in [0.25, 0.3) is 0 Å². The number of aliphatic carboxylic acids is 2. The first-order chi connectivity index (χ1) is 8.45. The molecule has 2 bridgehead atoms. The second-order valence-corrected chi connectivity index (χ2v) is 7.53. The van der Waals surface area contributed by atoms with Crippen molar-refractivity contribution >= 4 is 81.5 Å². The van der Waals surface area contributed by atoms with E-state index in [2.05, 4.69) is 0 Å². The van der Waals surface area contributed by atoms with Crippen LogP contribution in [0, 0.1) is 11.8 Å². The molecule has 2 aliphatic rings. The Bertz CT molecular complexity index is 493. The largest absolute Gasteiger partial charge is 0.481 e. The number of rotatable bonds is 2. The summed E-state index contributed by atoms with van der Waals surface area (Å²) in [5.74, 6) is -6.49. The van der Waals surface area contributed by atoms with Crippen molar-refractivity contribution in [1.29, 1.82) is 0 Å². The molecule has 1 saturated carbocycles. The maximum Gasteiger partial charge on any atom is 0.309 e. The standard InChI is InChI=1S/C9H4Cl6O4.Co/c10-3-4(11)8(13)2(6(18)19)1(5(16)17)7(3,12)9(8,14)15;/h1-2H,(H,16,17)(H,18,19);. The average molecular weight is 448 g/mol. The Morgan fingerprint density at radius 2 is 1.10 bits per heavy atom. The molecule has 1 fully saturated rings. The second kappa shape index (κ2) is 5.23. The molecule has 0 aromatic carbocycles. The molecule has 1 radical (unpaired) electrons. The van der Waals surface area contributed by atoms with E-state index in [4.69, 9.17) is 69.6 Å². The van der Waals surface area contributed by atoms with Crippen molar-refractivity contribution in [3.63, 3.8) is 0 Å². The van der Waals surface area contributed by atoms with E-state index in [0.717, 1.165) is 0 Å². The zero-order valence-electron chi connectivity index (χ0n) is 8.97. The van der Waals surface area contributed by atoms with E-state index in [1.807, 2.05) is 0 Å². The van der Waals surface area contributed by atoms with Crippen molar-refractivity contribution in [2.45, 2.75) is 14.1 Å². The van der Waals surface area contributed by atoms with Crippen molar-refractivity contribution in [2.24, 2.45) is 11.8 Å². The smallest absolute Gasteiger partial charge is 0.309 e. The normalized spacial score (nSPS) is 41.5. The summed E-state index contributed by atoms with van der Waals surface area (Å²) in [6.45, 7) is 0. The van der Waals surface area contributed by atoms with Gasteiger partial charge in [0.1, 0.15) is 9.75 Å². The number of halogens is 6. The third-order valence-corrected chi connectivity index (χ3v) is 7.73. The van der Waals surface area contributed by atoms with Gasteiger partial charge >= 0.3 is 11.9 Å². The van der Waals surface area contributed by atoms with Crippen LogP contribution in [0.1, 0.15) is 0 Å². The van der Waals surface area contributed by atoms with Crippen LogP contribution in [-0.2, 0) is 26.4 Å². The summed E-state index contributed by atoms with van der Waals surface area (Å²) < 4.78 is -2.18. The number of fused-ring (bicyclic) bond motifs is 2. The van der Waals surface area contributed by atoms with Crippen LogP contribution in [0.5, 0.6) is 0 Å². The fourth-order valence-electron chi connectivity index (χ4n) is 2.61. The predicted molar refractivity (Wildman–Crippen MR) is 72.6 cm³/mol. The van der Waals surface area contributed by atoms with Crippen LogP contribution in [0.2, 0.25) is 0 Å². The van der Waals surface area contributed by atoms with Crippen LogP contribution in [0.3, 0.4) is 0 Å². The van der Waals surface area contributed by atoms with Gasteiger partial charge < -0.3 is 10.2 Å². The number of carbonyl (C=O) groups is 2. The number of carboxylic acid groups (broad SMARTS) is 2. The van der Waals surface area contributed by atoms with Crippen LogP contribution >= 0.6 is 69.6 Å². The first kappa shape index (κ1) is 19.0. The molecule has 0 amide bonds. The van der Waals surface area contributed by atoms with E-state index in [1.165, 1.54) is 0 Å². The van der Waals surface area contributed by atoms with Gasteiger partial charge in [-0.3, -0.25) is 9.59 Å². The molecule has 115 valence electrons. The van der Waals surface area contributed by atoms with Gasteiger partial charge in [0.2, 0.25) is 0 Å². The minimum Gasteiger partial charge on any atom is -0.481 e. The molecule has 0 aromatic heterocycles. The van der Waals surface area contributed by atoms with Gasteiger partial charge in [-0.2, -0.15) is 0 Å². The maximum atomic E-state index is 11.3. The fourth-order valence-corrected chi connectivity index (χ4v) is 5.54. The summed E-state index contributed by atoms with van der Waals surface area (Å²) in [4.78, 5) is 18.5. The molecule has 2 rings (SSSR count). The van der Waals surface area contributed by atoms with Crippen molar-refractivity contribution in [2.75, 3.05) is 0 Å². The van der Waals surface area contributed by atoms with Gasteiger partial charge in [-0.25, -0.2) is 0 Å². The molecule has 11 heteroatoms. The summed E-state index contributed by atoms with van der Waals surface area (Å²) >= 11 is 36.2. The summed E-state index contributed by atoms with van der Waals surface area (Å²) in [5, 5.41) is 17.8. The molecule has 20 heavy (non-hydrogen) atoms. The minimum atomic E-state index is -2.18. The number of hydrogen-bond donors (Lipinski definition) is 2. The molecule has 4 atom stereocenters. The Kier molecular flexibility index (Phi) is 4.97. The van der Waals surface area contributed by atoms with Crippen LogP contribution < -0.4 is 0 Å².